The summed E-state index contributed by atoms with van der Waals surface area (Å²) < 4.78 is 20.8. The Bertz CT molecular complexity index is 1240. The highest BCUT2D eigenvalue weighted by molar-refractivity contribution is 5.79. The van der Waals surface area contributed by atoms with Crippen molar-refractivity contribution in [3.05, 3.63) is 89.9 Å². The Kier molecular flexibility index (Phi) is 6.08. The standard InChI is InChI=1S/C25H24FN5O2/c26-20-7-5-18(6-8-20)13-21-15-28-22(16-27-21)24-17-30(11-12-33-24)25(32)9-10-31-23-4-2-1-3-19(23)14-29-31/h1-8,14-16,24H,9-13,17H2. The maximum atomic E-state index is 13.1. The number of aromatic nitrogens is 4. The third kappa shape index (κ3) is 4.90. The molecule has 5 rings (SSSR count). The lowest BCUT2D eigenvalue weighted by molar-refractivity contribution is -0.139. The van der Waals surface area contributed by atoms with Crippen molar-refractivity contribution in [2.45, 2.75) is 25.5 Å². The largest absolute Gasteiger partial charge is 0.368 e. The van der Waals surface area contributed by atoms with E-state index in [1.54, 1.807) is 24.5 Å². The first-order valence-corrected chi connectivity index (χ1v) is 11.0. The van der Waals surface area contributed by atoms with Gasteiger partial charge in [0.15, 0.2) is 0 Å². The van der Waals surface area contributed by atoms with Crippen molar-refractivity contribution in [2.75, 3.05) is 19.7 Å². The fourth-order valence-corrected chi connectivity index (χ4v) is 4.05. The number of benzene rings is 2. The molecule has 1 fully saturated rings. The number of carbonyl (C=O) groups is 1. The molecule has 0 saturated carbocycles. The van der Waals surface area contributed by atoms with Crippen LogP contribution >= 0.6 is 0 Å². The average molecular weight is 445 g/mol. The van der Waals surface area contributed by atoms with Gasteiger partial charge in [-0.25, -0.2) is 4.39 Å². The van der Waals surface area contributed by atoms with Crippen molar-refractivity contribution in [3.63, 3.8) is 0 Å². The van der Waals surface area contributed by atoms with Crippen molar-refractivity contribution in [2.24, 2.45) is 0 Å². The zero-order valence-corrected chi connectivity index (χ0v) is 18.1. The second kappa shape index (κ2) is 9.46. The molecule has 33 heavy (non-hydrogen) atoms. The second-order valence-corrected chi connectivity index (χ2v) is 8.11. The van der Waals surface area contributed by atoms with Gasteiger partial charge in [0, 0.05) is 31.0 Å². The Morgan fingerprint density at radius 2 is 1.91 bits per heavy atom. The molecule has 8 heteroatoms. The SMILES string of the molecule is O=C(CCn1ncc2ccccc21)N1CCOC(c2cnc(Cc3ccc(F)cc3)cn2)C1. The number of hydrogen-bond acceptors (Lipinski definition) is 5. The number of para-hydroxylation sites is 1. The number of amides is 1. The van der Waals surface area contributed by atoms with E-state index in [1.807, 2.05) is 40.0 Å². The smallest absolute Gasteiger partial charge is 0.224 e. The molecule has 7 nitrogen and oxygen atoms in total. The minimum Gasteiger partial charge on any atom is -0.368 e. The van der Waals surface area contributed by atoms with Gasteiger partial charge in [-0.2, -0.15) is 5.10 Å². The van der Waals surface area contributed by atoms with Crippen LogP contribution in [0.2, 0.25) is 0 Å². The van der Waals surface area contributed by atoms with Crippen molar-refractivity contribution >= 4 is 16.8 Å². The molecular weight excluding hydrogens is 421 g/mol. The van der Waals surface area contributed by atoms with Crippen LogP contribution in [0.5, 0.6) is 0 Å². The van der Waals surface area contributed by atoms with Crippen LogP contribution in [0.1, 0.15) is 29.5 Å². The number of nitrogens with zero attached hydrogens (tertiary/aromatic N) is 5. The number of halogens is 1. The zero-order valence-electron chi connectivity index (χ0n) is 18.1. The summed E-state index contributed by atoms with van der Waals surface area (Å²) >= 11 is 0. The molecular formula is C25H24FN5O2. The van der Waals surface area contributed by atoms with Gasteiger partial charge in [-0.15, -0.1) is 0 Å². The third-order valence-electron chi connectivity index (χ3n) is 5.86. The number of ether oxygens (including phenoxy) is 1. The summed E-state index contributed by atoms with van der Waals surface area (Å²) in [4.78, 5) is 23.7. The van der Waals surface area contributed by atoms with E-state index in [0.717, 1.165) is 22.2 Å². The zero-order chi connectivity index (χ0) is 22.6. The number of rotatable bonds is 6. The minimum atomic E-state index is -0.305. The first kappa shape index (κ1) is 21.2. The van der Waals surface area contributed by atoms with Crippen molar-refractivity contribution < 1.29 is 13.9 Å². The molecule has 1 amide bonds. The number of carbonyl (C=O) groups excluding carboxylic acids is 1. The summed E-state index contributed by atoms with van der Waals surface area (Å²) in [6.45, 7) is 2.00. The molecule has 2 aromatic carbocycles. The van der Waals surface area contributed by atoms with Crippen LogP contribution in [0.25, 0.3) is 10.9 Å². The first-order chi connectivity index (χ1) is 16.2. The van der Waals surface area contributed by atoms with Gasteiger partial charge < -0.3 is 9.64 Å². The van der Waals surface area contributed by atoms with Crippen LogP contribution in [0, 0.1) is 5.82 Å². The van der Waals surface area contributed by atoms with Crippen LogP contribution in [0.3, 0.4) is 0 Å². The van der Waals surface area contributed by atoms with Gasteiger partial charge in [-0.1, -0.05) is 30.3 Å². The lowest BCUT2D eigenvalue weighted by atomic mass is 10.1. The Morgan fingerprint density at radius 1 is 1.06 bits per heavy atom. The summed E-state index contributed by atoms with van der Waals surface area (Å²) in [5.41, 5.74) is 3.49. The number of aryl methyl sites for hydroxylation is 1. The summed E-state index contributed by atoms with van der Waals surface area (Å²) in [5.74, 6) is -0.185. The van der Waals surface area contributed by atoms with Gasteiger partial charge in [0.05, 0.1) is 49.0 Å². The Morgan fingerprint density at radius 3 is 2.73 bits per heavy atom. The summed E-state index contributed by atoms with van der Waals surface area (Å²) in [7, 11) is 0. The normalized spacial score (nSPS) is 16.3. The van der Waals surface area contributed by atoms with E-state index in [-0.39, 0.29) is 17.8 Å². The number of fused-ring (bicyclic) bond motifs is 1. The molecule has 1 aliphatic rings. The van der Waals surface area contributed by atoms with E-state index in [9.17, 15) is 9.18 Å². The molecule has 168 valence electrons. The third-order valence-corrected chi connectivity index (χ3v) is 5.86. The van der Waals surface area contributed by atoms with Gasteiger partial charge in [-0.3, -0.25) is 19.4 Å². The minimum absolute atomic E-state index is 0.0729. The summed E-state index contributed by atoms with van der Waals surface area (Å²) in [6, 6.07) is 14.3. The topological polar surface area (TPSA) is 73.1 Å². The second-order valence-electron chi connectivity index (χ2n) is 8.11. The average Bonchev–Trinajstić information content (AvgIpc) is 3.28. The molecule has 3 heterocycles. The van der Waals surface area contributed by atoms with Crippen molar-refractivity contribution in [1.82, 2.24) is 24.6 Å². The highest BCUT2D eigenvalue weighted by Gasteiger charge is 2.26. The van der Waals surface area contributed by atoms with Gasteiger partial charge in [0.1, 0.15) is 11.9 Å². The molecule has 0 spiro atoms. The van der Waals surface area contributed by atoms with Crippen LogP contribution < -0.4 is 0 Å². The van der Waals surface area contributed by atoms with Crippen LogP contribution in [0.15, 0.2) is 67.1 Å². The van der Waals surface area contributed by atoms with Crippen LogP contribution in [0.4, 0.5) is 4.39 Å². The van der Waals surface area contributed by atoms with Crippen LogP contribution in [-0.2, 0) is 22.5 Å². The molecule has 1 saturated heterocycles. The molecule has 1 unspecified atom stereocenters. The fourth-order valence-electron chi connectivity index (χ4n) is 4.05. The predicted molar refractivity (Wildman–Crippen MR) is 121 cm³/mol. The van der Waals surface area contributed by atoms with E-state index < -0.39 is 0 Å². The number of hydrogen-bond donors (Lipinski definition) is 0. The van der Waals surface area contributed by atoms with E-state index >= 15 is 0 Å². The van der Waals surface area contributed by atoms with Gasteiger partial charge in [0.2, 0.25) is 5.91 Å². The summed E-state index contributed by atoms with van der Waals surface area (Å²) in [6.07, 6.45) is 5.88. The van der Waals surface area contributed by atoms with Gasteiger partial charge in [-0.05, 0) is 23.8 Å². The molecule has 1 aliphatic heterocycles. The highest BCUT2D eigenvalue weighted by atomic mass is 19.1. The maximum absolute atomic E-state index is 13.1. The van der Waals surface area contributed by atoms with E-state index in [1.165, 1.54) is 12.1 Å². The van der Waals surface area contributed by atoms with Crippen molar-refractivity contribution in [1.29, 1.82) is 0 Å². The van der Waals surface area contributed by atoms with E-state index in [0.29, 0.717) is 44.8 Å². The molecule has 0 radical (unpaired) electrons. The molecule has 0 N–H and O–H groups in total. The fraction of sp³-hybridized carbons (Fsp3) is 0.280. The van der Waals surface area contributed by atoms with E-state index in [2.05, 4.69) is 15.1 Å². The highest BCUT2D eigenvalue weighted by Crippen LogP contribution is 2.21. The Hall–Kier alpha value is -3.65. The quantitative estimate of drug-likeness (QED) is 0.454. The lowest BCUT2D eigenvalue weighted by Gasteiger charge is -2.32. The molecule has 2 aromatic heterocycles. The van der Waals surface area contributed by atoms with Gasteiger partial charge in [0.25, 0.3) is 0 Å². The molecule has 4 aromatic rings. The molecule has 0 aliphatic carbocycles. The van der Waals surface area contributed by atoms with E-state index in [4.69, 9.17) is 4.74 Å². The summed E-state index contributed by atoms with van der Waals surface area (Å²) in [5, 5.41) is 5.47. The maximum Gasteiger partial charge on any atom is 0.224 e. The molecule has 1 atom stereocenters. The predicted octanol–water partition coefficient (Wildman–Crippen LogP) is 3.55. The van der Waals surface area contributed by atoms with Crippen LogP contribution in [-0.4, -0.2) is 50.3 Å². The monoisotopic (exact) mass is 445 g/mol. The van der Waals surface area contributed by atoms with Gasteiger partial charge >= 0.3 is 0 Å². The Balaban J connectivity index is 1.18. The first-order valence-electron chi connectivity index (χ1n) is 11.0. The lowest BCUT2D eigenvalue weighted by Crippen LogP contribution is -2.42. The van der Waals surface area contributed by atoms with Crippen molar-refractivity contribution in [3.8, 4) is 0 Å². The number of morpholine rings is 1. The molecule has 0 bridgehead atoms. The Labute approximate surface area is 190 Å².